The highest BCUT2D eigenvalue weighted by Crippen LogP contribution is 2.41. The van der Waals surface area contributed by atoms with Crippen molar-refractivity contribution in [2.45, 2.75) is 19.5 Å². The maximum atomic E-state index is 14.8. The topological polar surface area (TPSA) is 93.4 Å². The summed E-state index contributed by atoms with van der Waals surface area (Å²) in [6.45, 7) is 2.57. The van der Waals surface area contributed by atoms with E-state index in [4.69, 9.17) is 0 Å². The van der Waals surface area contributed by atoms with Crippen LogP contribution < -0.4 is 10.6 Å². The molecule has 190 valence electrons. The number of halogens is 3. The van der Waals surface area contributed by atoms with E-state index >= 15 is 0 Å². The van der Waals surface area contributed by atoms with Crippen molar-refractivity contribution in [3.05, 3.63) is 72.4 Å². The van der Waals surface area contributed by atoms with Gasteiger partial charge in [-0.05, 0) is 29.5 Å². The Morgan fingerprint density at radius 3 is 2.78 bits per heavy atom. The minimum Gasteiger partial charge on any atom is -0.352 e. The smallest absolute Gasteiger partial charge is 0.223 e. The second-order valence-electron chi connectivity index (χ2n) is 8.28. The minimum atomic E-state index is -0.617. The van der Waals surface area contributed by atoms with Crippen LogP contribution in [0.1, 0.15) is 18.5 Å². The molecule has 12 heteroatoms. The molecule has 5 aromatic rings. The molecule has 0 fully saturated rings. The fourth-order valence-electron chi connectivity index (χ4n) is 4.05. The predicted octanol–water partition coefficient (Wildman–Crippen LogP) is 5.02. The number of benzene rings is 1. The van der Waals surface area contributed by atoms with E-state index in [1.807, 2.05) is 31.2 Å². The summed E-state index contributed by atoms with van der Waals surface area (Å²) in [6.07, 6.45) is 5.94. The molecule has 2 N–H and O–H groups in total. The molecular formula is C25H23F3N8S. The first kappa shape index (κ1) is 24.8. The Morgan fingerprint density at radius 1 is 1.08 bits per heavy atom. The highest BCUT2D eigenvalue weighted by molar-refractivity contribution is 7.22. The Labute approximate surface area is 214 Å². The summed E-state index contributed by atoms with van der Waals surface area (Å²) in [5.41, 5.74) is 2.33. The van der Waals surface area contributed by atoms with Gasteiger partial charge in [0.15, 0.2) is 5.82 Å². The molecule has 1 atom stereocenters. The van der Waals surface area contributed by atoms with Gasteiger partial charge in [-0.3, -0.25) is 4.68 Å². The van der Waals surface area contributed by atoms with Crippen molar-refractivity contribution in [1.82, 2.24) is 35.3 Å². The number of nitrogens with zero attached hydrogens (tertiary/aromatic N) is 6. The Morgan fingerprint density at radius 2 is 1.97 bits per heavy atom. The number of rotatable bonds is 10. The van der Waals surface area contributed by atoms with Crippen LogP contribution in [0.5, 0.6) is 0 Å². The van der Waals surface area contributed by atoms with Gasteiger partial charge in [0.05, 0.1) is 23.8 Å². The molecule has 0 aliphatic rings. The fourth-order valence-corrected chi connectivity index (χ4v) is 5.23. The average Bonchev–Trinajstić information content (AvgIpc) is 3.58. The Kier molecular flexibility index (Phi) is 7.37. The molecule has 0 saturated heterocycles. The SMILES string of the molecule is C[C@H](NCCF)c1cnc(F)cc1-c1cccc2cc(-c3nc(NCCn4ccnn4)ncc3F)sc12. The van der Waals surface area contributed by atoms with E-state index < -0.39 is 18.4 Å². The van der Waals surface area contributed by atoms with Crippen molar-refractivity contribution in [3.8, 4) is 21.7 Å². The van der Waals surface area contributed by atoms with Crippen LogP contribution in [0.3, 0.4) is 0 Å². The Balaban J connectivity index is 1.49. The summed E-state index contributed by atoms with van der Waals surface area (Å²) in [6, 6.07) is 8.64. The molecule has 0 amide bonds. The van der Waals surface area contributed by atoms with Crippen LogP contribution in [0.2, 0.25) is 0 Å². The summed E-state index contributed by atoms with van der Waals surface area (Å²) in [4.78, 5) is 12.9. The molecule has 0 aliphatic heterocycles. The molecule has 5 rings (SSSR count). The van der Waals surface area contributed by atoms with Crippen LogP contribution >= 0.6 is 11.3 Å². The molecule has 0 unspecified atom stereocenters. The van der Waals surface area contributed by atoms with Crippen molar-refractivity contribution in [1.29, 1.82) is 0 Å². The van der Waals surface area contributed by atoms with Gasteiger partial charge in [0.1, 0.15) is 12.4 Å². The molecule has 4 aromatic heterocycles. The number of thiophene rings is 1. The highest BCUT2D eigenvalue weighted by Gasteiger charge is 2.19. The van der Waals surface area contributed by atoms with Crippen LogP contribution in [-0.4, -0.2) is 49.7 Å². The third-order valence-corrected chi connectivity index (χ3v) is 7.01. The summed E-state index contributed by atoms with van der Waals surface area (Å²) in [7, 11) is 0. The van der Waals surface area contributed by atoms with Crippen LogP contribution in [0, 0.1) is 11.8 Å². The lowest BCUT2D eigenvalue weighted by molar-refractivity contribution is 0.443. The number of nitrogens with one attached hydrogen (secondary N) is 2. The number of hydrogen-bond acceptors (Lipinski definition) is 8. The van der Waals surface area contributed by atoms with Crippen molar-refractivity contribution in [2.24, 2.45) is 0 Å². The van der Waals surface area contributed by atoms with E-state index in [1.165, 1.54) is 23.6 Å². The maximum absolute atomic E-state index is 14.8. The molecule has 1 aromatic carbocycles. The third kappa shape index (κ3) is 5.44. The molecule has 0 bridgehead atoms. The van der Waals surface area contributed by atoms with Crippen molar-refractivity contribution in [3.63, 3.8) is 0 Å². The molecule has 4 heterocycles. The van der Waals surface area contributed by atoms with Crippen molar-refractivity contribution < 1.29 is 13.2 Å². The van der Waals surface area contributed by atoms with Crippen LogP contribution in [0.15, 0.2) is 55.1 Å². The number of pyridine rings is 1. The molecule has 8 nitrogen and oxygen atoms in total. The number of alkyl halides is 1. The monoisotopic (exact) mass is 524 g/mol. The molecular weight excluding hydrogens is 501 g/mol. The van der Waals surface area contributed by atoms with Crippen molar-refractivity contribution in [2.75, 3.05) is 25.1 Å². The van der Waals surface area contributed by atoms with Gasteiger partial charge in [0, 0.05) is 47.9 Å². The van der Waals surface area contributed by atoms with Gasteiger partial charge in [-0.25, -0.2) is 23.7 Å². The van der Waals surface area contributed by atoms with Crippen LogP contribution in [0.4, 0.5) is 19.1 Å². The Bertz CT molecular complexity index is 1510. The van der Waals surface area contributed by atoms with E-state index in [0.29, 0.717) is 29.5 Å². The van der Waals surface area contributed by atoms with E-state index in [2.05, 4.69) is 35.9 Å². The van der Waals surface area contributed by atoms with Gasteiger partial charge in [0.2, 0.25) is 11.9 Å². The number of aromatic nitrogens is 6. The number of hydrogen-bond donors (Lipinski definition) is 2. The van der Waals surface area contributed by atoms with E-state index in [9.17, 15) is 13.2 Å². The number of fused-ring (bicyclic) bond motifs is 1. The lowest BCUT2D eigenvalue weighted by atomic mass is 9.96. The zero-order valence-corrected chi connectivity index (χ0v) is 20.6. The van der Waals surface area contributed by atoms with Crippen molar-refractivity contribution >= 4 is 27.4 Å². The molecule has 0 spiro atoms. The summed E-state index contributed by atoms with van der Waals surface area (Å²) < 4.78 is 44.3. The van der Waals surface area contributed by atoms with Gasteiger partial charge < -0.3 is 10.6 Å². The standard InChI is InChI=1S/C25H23F3N8S/c1-15(29-6-5-26)19-13-31-22(28)12-18(19)17-4-2-3-16-11-21(37-24(16)17)23-20(27)14-32-25(34-23)30-7-9-36-10-8-33-35-36/h2-4,8,10-15,29H,5-7,9H2,1H3,(H,30,32,34)/t15-/m0/s1. The summed E-state index contributed by atoms with van der Waals surface area (Å²) >= 11 is 1.36. The van der Waals surface area contributed by atoms with E-state index in [-0.39, 0.29) is 18.3 Å². The zero-order chi connectivity index (χ0) is 25.8. The lowest BCUT2D eigenvalue weighted by Gasteiger charge is -2.17. The third-order valence-electron chi connectivity index (χ3n) is 5.82. The van der Waals surface area contributed by atoms with Crippen LogP contribution in [0.25, 0.3) is 31.8 Å². The van der Waals surface area contributed by atoms with Gasteiger partial charge in [-0.2, -0.15) is 4.39 Å². The quantitative estimate of drug-likeness (QED) is 0.248. The molecule has 0 radical (unpaired) electrons. The lowest BCUT2D eigenvalue weighted by Crippen LogP contribution is -2.21. The molecule has 37 heavy (non-hydrogen) atoms. The Hall–Kier alpha value is -3.90. The highest BCUT2D eigenvalue weighted by atomic mass is 32.1. The van der Waals surface area contributed by atoms with Crippen LogP contribution in [-0.2, 0) is 6.54 Å². The summed E-state index contributed by atoms with van der Waals surface area (Å²) in [5, 5.41) is 14.7. The van der Waals surface area contributed by atoms with Gasteiger partial charge in [0.25, 0.3) is 0 Å². The fraction of sp³-hybridized carbons (Fsp3) is 0.240. The van der Waals surface area contributed by atoms with Gasteiger partial charge in [-0.1, -0.05) is 23.4 Å². The second kappa shape index (κ2) is 11.0. The maximum Gasteiger partial charge on any atom is 0.223 e. The second-order valence-corrected chi connectivity index (χ2v) is 9.33. The minimum absolute atomic E-state index is 0.171. The predicted molar refractivity (Wildman–Crippen MR) is 137 cm³/mol. The molecule has 0 saturated carbocycles. The molecule has 0 aliphatic carbocycles. The van der Waals surface area contributed by atoms with Gasteiger partial charge >= 0.3 is 0 Å². The first-order valence-electron chi connectivity index (χ1n) is 11.6. The van der Waals surface area contributed by atoms with E-state index in [0.717, 1.165) is 27.4 Å². The first-order chi connectivity index (χ1) is 18.0. The zero-order valence-electron chi connectivity index (χ0n) is 19.8. The van der Waals surface area contributed by atoms with Gasteiger partial charge in [-0.15, -0.1) is 16.4 Å². The average molecular weight is 525 g/mol. The number of anilines is 1. The largest absolute Gasteiger partial charge is 0.352 e. The first-order valence-corrected chi connectivity index (χ1v) is 12.4. The van der Waals surface area contributed by atoms with E-state index in [1.54, 1.807) is 17.1 Å². The normalized spacial score (nSPS) is 12.2. The summed E-state index contributed by atoms with van der Waals surface area (Å²) in [5.74, 6) is -0.872.